The van der Waals surface area contributed by atoms with Gasteiger partial charge in [-0.2, -0.15) is 10.2 Å². The quantitative estimate of drug-likeness (QED) is 0.608. The van der Waals surface area contributed by atoms with Gasteiger partial charge in [-0.3, -0.25) is 0 Å². The summed E-state index contributed by atoms with van der Waals surface area (Å²) in [5.74, 6) is 0.765. The van der Waals surface area contributed by atoms with E-state index in [0.717, 1.165) is 6.42 Å². The Morgan fingerprint density at radius 3 is 2.36 bits per heavy atom. The molecule has 76 valence electrons. The predicted molar refractivity (Wildman–Crippen MR) is 62.8 cm³/mol. The molecule has 0 spiro atoms. The van der Waals surface area contributed by atoms with Crippen molar-refractivity contribution < 1.29 is 0 Å². The summed E-state index contributed by atoms with van der Waals surface area (Å²) in [6.07, 6.45) is 14.8. The fourth-order valence-corrected chi connectivity index (χ4v) is 1.43. The molecule has 0 amide bonds. The smallest absolute Gasteiger partial charge is 0.0348 e. The van der Waals surface area contributed by atoms with E-state index in [1.165, 1.54) is 6.42 Å². The number of unbranched alkanes of at least 4 members (excludes halogenated alkanes) is 1. The minimum atomic E-state index is 0.380. The molecule has 0 aromatic carbocycles. The molecule has 0 aliphatic carbocycles. The molecule has 2 atom stereocenters. The highest BCUT2D eigenvalue weighted by Crippen LogP contribution is 2.15. The van der Waals surface area contributed by atoms with Crippen LogP contribution in [0.15, 0.2) is 34.5 Å². The van der Waals surface area contributed by atoms with E-state index in [4.69, 9.17) is 0 Å². The highest BCUT2D eigenvalue weighted by molar-refractivity contribution is 5.77. The van der Waals surface area contributed by atoms with Gasteiger partial charge in [0, 0.05) is 24.3 Å². The van der Waals surface area contributed by atoms with Crippen LogP contribution in [0.2, 0.25) is 0 Å². The molecule has 0 saturated heterocycles. The largest absolute Gasteiger partial charge is 0.163 e. The van der Waals surface area contributed by atoms with Crippen molar-refractivity contribution in [1.29, 1.82) is 0 Å². The third-order valence-electron chi connectivity index (χ3n) is 2.22. The molecular weight excluding hydrogens is 172 g/mol. The van der Waals surface area contributed by atoms with Gasteiger partial charge in [-0.1, -0.05) is 37.6 Å². The van der Waals surface area contributed by atoms with Gasteiger partial charge in [0.15, 0.2) is 0 Å². The summed E-state index contributed by atoms with van der Waals surface area (Å²) in [6, 6.07) is 0. The Hall–Kier alpha value is -1.18. The molecular formula is C12H18N2. The van der Waals surface area contributed by atoms with Crippen LogP contribution in [0.1, 0.15) is 26.7 Å². The van der Waals surface area contributed by atoms with Crippen LogP contribution < -0.4 is 0 Å². The van der Waals surface area contributed by atoms with Gasteiger partial charge in [0.2, 0.25) is 0 Å². The summed E-state index contributed by atoms with van der Waals surface area (Å²) in [4.78, 5) is 0. The Labute approximate surface area is 86.1 Å². The molecule has 2 heteroatoms. The molecule has 1 aliphatic heterocycles. The van der Waals surface area contributed by atoms with Crippen molar-refractivity contribution in [2.45, 2.75) is 26.7 Å². The molecule has 1 heterocycles. The maximum atomic E-state index is 3.93. The third-order valence-corrected chi connectivity index (χ3v) is 2.22. The summed E-state index contributed by atoms with van der Waals surface area (Å²) < 4.78 is 0. The Bertz CT molecular complexity index is 261. The lowest BCUT2D eigenvalue weighted by Gasteiger charge is -2.15. The molecule has 0 fully saturated rings. The number of rotatable bonds is 4. The van der Waals surface area contributed by atoms with Gasteiger partial charge < -0.3 is 0 Å². The second kappa shape index (κ2) is 6.30. The second-order valence-electron chi connectivity index (χ2n) is 3.43. The molecule has 0 aromatic heterocycles. The lowest BCUT2D eigenvalue weighted by molar-refractivity contribution is 0.750. The van der Waals surface area contributed by atoms with Gasteiger partial charge in [0.25, 0.3) is 0 Å². The monoisotopic (exact) mass is 190 g/mol. The normalized spacial score (nSPS) is 26.7. The SMILES string of the molecule is C/C=C\C1C=NN=CC1/C=C\CCC. The first-order valence-electron chi connectivity index (χ1n) is 5.24. The van der Waals surface area contributed by atoms with Crippen LogP contribution in [-0.2, 0) is 0 Å². The zero-order valence-electron chi connectivity index (χ0n) is 8.93. The summed E-state index contributed by atoms with van der Waals surface area (Å²) in [5.41, 5.74) is 0. The van der Waals surface area contributed by atoms with Crippen molar-refractivity contribution in [3.8, 4) is 0 Å². The van der Waals surface area contributed by atoms with Gasteiger partial charge in [-0.25, -0.2) is 0 Å². The van der Waals surface area contributed by atoms with Crippen LogP contribution in [0, 0.1) is 11.8 Å². The van der Waals surface area contributed by atoms with Crippen molar-refractivity contribution in [1.82, 2.24) is 0 Å². The molecule has 1 aliphatic rings. The average molecular weight is 190 g/mol. The Balaban J connectivity index is 2.56. The first-order chi connectivity index (χ1) is 6.88. The summed E-state index contributed by atoms with van der Waals surface area (Å²) in [6.45, 7) is 4.22. The van der Waals surface area contributed by atoms with Crippen LogP contribution >= 0.6 is 0 Å². The number of nitrogens with zero attached hydrogens (tertiary/aromatic N) is 2. The summed E-state index contributed by atoms with van der Waals surface area (Å²) >= 11 is 0. The van der Waals surface area contributed by atoms with Crippen molar-refractivity contribution in [2.75, 3.05) is 0 Å². The van der Waals surface area contributed by atoms with Crippen LogP contribution in [0.5, 0.6) is 0 Å². The van der Waals surface area contributed by atoms with E-state index in [2.05, 4.69) is 41.4 Å². The van der Waals surface area contributed by atoms with E-state index in [-0.39, 0.29) is 0 Å². The third kappa shape index (κ3) is 3.29. The fraction of sp³-hybridized carbons (Fsp3) is 0.500. The first kappa shape index (κ1) is 10.9. The van der Waals surface area contributed by atoms with E-state index in [0.29, 0.717) is 11.8 Å². The lowest BCUT2D eigenvalue weighted by atomic mass is 9.92. The van der Waals surface area contributed by atoms with E-state index in [9.17, 15) is 0 Å². The number of hydrogen-bond acceptors (Lipinski definition) is 2. The van der Waals surface area contributed by atoms with E-state index in [1.54, 1.807) is 0 Å². The van der Waals surface area contributed by atoms with Gasteiger partial charge in [-0.15, -0.1) is 0 Å². The van der Waals surface area contributed by atoms with Gasteiger partial charge in [0.05, 0.1) is 0 Å². The standard InChI is InChI=1S/C12H18N2/c1-3-5-6-8-12-10-14-13-9-11(12)7-4-2/h4,6-12H,3,5H2,1-2H3/b7-4-,8-6-. The highest BCUT2D eigenvalue weighted by atomic mass is 15.2. The average Bonchev–Trinajstić information content (AvgIpc) is 2.21. The zero-order chi connectivity index (χ0) is 10.2. The Morgan fingerprint density at radius 1 is 1.14 bits per heavy atom. The van der Waals surface area contributed by atoms with Crippen molar-refractivity contribution >= 4 is 12.4 Å². The maximum Gasteiger partial charge on any atom is 0.0348 e. The second-order valence-corrected chi connectivity index (χ2v) is 3.43. The minimum absolute atomic E-state index is 0.380. The van der Waals surface area contributed by atoms with Crippen LogP contribution in [0.25, 0.3) is 0 Å². The minimum Gasteiger partial charge on any atom is -0.163 e. The van der Waals surface area contributed by atoms with Crippen LogP contribution in [0.3, 0.4) is 0 Å². The molecule has 0 aromatic rings. The fourth-order valence-electron chi connectivity index (χ4n) is 1.43. The van der Waals surface area contributed by atoms with Crippen molar-refractivity contribution in [2.24, 2.45) is 22.0 Å². The molecule has 2 nitrogen and oxygen atoms in total. The highest BCUT2D eigenvalue weighted by Gasteiger charge is 2.14. The summed E-state index contributed by atoms with van der Waals surface area (Å²) in [7, 11) is 0. The number of allylic oxidation sites excluding steroid dienone is 4. The molecule has 14 heavy (non-hydrogen) atoms. The molecule has 0 radical (unpaired) electrons. The molecule has 1 rings (SSSR count). The van der Waals surface area contributed by atoms with Crippen LogP contribution in [0.4, 0.5) is 0 Å². The van der Waals surface area contributed by atoms with Crippen molar-refractivity contribution in [3.63, 3.8) is 0 Å². The maximum absolute atomic E-state index is 3.93. The number of hydrogen-bond donors (Lipinski definition) is 0. The van der Waals surface area contributed by atoms with E-state index in [1.807, 2.05) is 19.4 Å². The molecule has 0 bridgehead atoms. The Kier molecular flexibility index (Phi) is 4.90. The summed E-state index contributed by atoms with van der Waals surface area (Å²) in [5, 5.41) is 7.84. The topological polar surface area (TPSA) is 24.7 Å². The molecule has 0 saturated carbocycles. The lowest BCUT2D eigenvalue weighted by Crippen LogP contribution is -2.15. The van der Waals surface area contributed by atoms with Gasteiger partial charge >= 0.3 is 0 Å². The van der Waals surface area contributed by atoms with Crippen LogP contribution in [-0.4, -0.2) is 12.4 Å². The Morgan fingerprint density at radius 2 is 1.79 bits per heavy atom. The zero-order valence-corrected chi connectivity index (χ0v) is 8.93. The van der Waals surface area contributed by atoms with Gasteiger partial charge in [0.1, 0.15) is 0 Å². The van der Waals surface area contributed by atoms with E-state index >= 15 is 0 Å². The van der Waals surface area contributed by atoms with Gasteiger partial charge in [-0.05, 0) is 13.3 Å². The van der Waals surface area contributed by atoms with Crippen molar-refractivity contribution in [3.05, 3.63) is 24.3 Å². The van der Waals surface area contributed by atoms with E-state index < -0.39 is 0 Å². The predicted octanol–water partition coefficient (Wildman–Crippen LogP) is 3.22. The molecule has 2 unspecified atom stereocenters. The first-order valence-corrected chi connectivity index (χ1v) is 5.24. The molecule has 0 N–H and O–H groups in total.